The van der Waals surface area contributed by atoms with Gasteiger partial charge in [-0.05, 0) is 41.5 Å². The van der Waals surface area contributed by atoms with Gasteiger partial charge in [-0.25, -0.2) is 0 Å². The van der Waals surface area contributed by atoms with Crippen LogP contribution >= 0.6 is 0 Å². The molecular formula is C21H20O6. The van der Waals surface area contributed by atoms with Crippen LogP contribution in [0.2, 0.25) is 0 Å². The highest BCUT2D eigenvalue weighted by Gasteiger charge is 2.27. The summed E-state index contributed by atoms with van der Waals surface area (Å²) in [5.41, 5.74) is 3.09. The van der Waals surface area contributed by atoms with E-state index >= 15 is 0 Å². The summed E-state index contributed by atoms with van der Waals surface area (Å²) in [7, 11) is 4.72. The van der Waals surface area contributed by atoms with Crippen molar-refractivity contribution in [2.75, 3.05) is 34.5 Å². The smallest absolute Gasteiger partial charge is 0.203 e. The lowest BCUT2D eigenvalue weighted by molar-refractivity contribution is 0.104. The number of carbonyl (C=O) groups excluding carboxylic acids is 1. The summed E-state index contributed by atoms with van der Waals surface area (Å²) in [4.78, 5) is 12.9. The van der Waals surface area contributed by atoms with Gasteiger partial charge in [0.25, 0.3) is 0 Å². The van der Waals surface area contributed by atoms with E-state index in [0.717, 1.165) is 11.1 Å². The molecule has 0 amide bonds. The maximum Gasteiger partial charge on any atom is 0.203 e. The van der Waals surface area contributed by atoms with E-state index in [9.17, 15) is 4.79 Å². The van der Waals surface area contributed by atoms with Crippen LogP contribution < -0.4 is 23.7 Å². The van der Waals surface area contributed by atoms with Gasteiger partial charge in [0.15, 0.2) is 28.8 Å². The summed E-state index contributed by atoms with van der Waals surface area (Å²) < 4.78 is 27.4. The maximum atomic E-state index is 12.9. The molecule has 0 aromatic heterocycles. The minimum atomic E-state index is -0.0141. The van der Waals surface area contributed by atoms with E-state index < -0.39 is 0 Å². The molecule has 1 aliphatic heterocycles. The second-order valence-electron chi connectivity index (χ2n) is 6.29. The number of ketones is 1. The Hall–Kier alpha value is -3.15. The molecule has 4 rings (SSSR count). The lowest BCUT2D eigenvalue weighted by Gasteiger charge is -2.21. The van der Waals surface area contributed by atoms with E-state index in [1.54, 1.807) is 27.4 Å². The van der Waals surface area contributed by atoms with Crippen molar-refractivity contribution in [3.8, 4) is 28.7 Å². The van der Waals surface area contributed by atoms with Crippen molar-refractivity contribution < 1.29 is 28.5 Å². The highest BCUT2D eigenvalue weighted by molar-refractivity contribution is 6.16. The monoisotopic (exact) mass is 368 g/mol. The molecule has 1 heterocycles. The molecule has 0 unspecified atom stereocenters. The van der Waals surface area contributed by atoms with Crippen LogP contribution in [0.1, 0.15) is 21.5 Å². The summed E-state index contributed by atoms with van der Waals surface area (Å²) in [6, 6.07) is 7.30. The first kappa shape index (κ1) is 17.3. The van der Waals surface area contributed by atoms with E-state index in [1.807, 2.05) is 24.3 Å². The average molecular weight is 368 g/mol. The second-order valence-corrected chi connectivity index (χ2v) is 6.29. The molecule has 27 heavy (non-hydrogen) atoms. The topological polar surface area (TPSA) is 63.2 Å². The largest absolute Gasteiger partial charge is 0.493 e. The molecular weight excluding hydrogens is 348 g/mol. The third kappa shape index (κ3) is 2.97. The lowest BCUT2D eigenvalue weighted by Crippen LogP contribution is -2.16. The van der Waals surface area contributed by atoms with Gasteiger partial charge in [-0.2, -0.15) is 0 Å². The van der Waals surface area contributed by atoms with Gasteiger partial charge in [-0.3, -0.25) is 4.79 Å². The van der Waals surface area contributed by atoms with E-state index in [0.29, 0.717) is 59.5 Å². The van der Waals surface area contributed by atoms with Crippen molar-refractivity contribution in [3.05, 3.63) is 46.5 Å². The third-order valence-electron chi connectivity index (χ3n) is 4.72. The summed E-state index contributed by atoms with van der Waals surface area (Å²) in [5.74, 6) is 2.96. The van der Waals surface area contributed by atoms with Crippen molar-refractivity contribution in [2.24, 2.45) is 0 Å². The van der Waals surface area contributed by atoms with Gasteiger partial charge < -0.3 is 23.7 Å². The van der Waals surface area contributed by atoms with Gasteiger partial charge in [-0.15, -0.1) is 0 Å². The van der Waals surface area contributed by atoms with Crippen LogP contribution in [0.25, 0.3) is 6.08 Å². The molecule has 6 heteroatoms. The Labute approximate surface area is 157 Å². The quantitative estimate of drug-likeness (QED) is 0.772. The number of hydrogen-bond donors (Lipinski definition) is 0. The van der Waals surface area contributed by atoms with Crippen LogP contribution in [0.5, 0.6) is 28.7 Å². The predicted molar refractivity (Wildman–Crippen MR) is 99.5 cm³/mol. The second kappa shape index (κ2) is 6.87. The summed E-state index contributed by atoms with van der Waals surface area (Å²) >= 11 is 0. The number of rotatable bonds is 4. The van der Waals surface area contributed by atoms with Gasteiger partial charge in [0.1, 0.15) is 13.2 Å². The molecule has 1 aliphatic carbocycles. The average Bonchev–Trinajstić information content (AvgIpc) is 3.00. The molecule has 6 nitrogen and oxygen atoms in total. The first-order valence-corrected chi connectivity index (χ1v) is 8.62. The number of methoxy groups -OCH3 is 3. The summed E-state index contributed by atoms with van der Waals surface area (Å²) in [6.07, 6.45) is 2.40. The summed E-state index contributed by atoms with van der Waals surface area (Å²) in [5, 5.41) is 0. The molecule has 0 atom stereocenters. The number of benzene rings is 2. The van der Waals surface area contributed by atoms with Gasteiger partial charge in [0, 0.05) is 17.6 Å². The normalized spacial score (nSPS) is 16.3. The molecule has 0 saturated heterocycles. The molecule has 0 saturated carbocycles. The molecule has 2 aromatic rings. The number of hydrogen-bond acceptors (Lipinski definition) is 6. The number of ether oxygens (including phenoxy) is 5. The van der Waals surface area contributed by atoms with Gasteiger partial charge >= 0.3 is 0 Å². The number of Topliss-reactive ketones (excluding diaryl/α,β-unsaturated/α-hetero) is 1. The minimum absolute atomic E-state index is 0.0141. The number of allylic oxidation sites excluding steroid dienone is 1. The fourth-order valence-electron chi connectivity index (χ4n) is 3.43. The van der Waals surface area contributed by atoms with Crippen molar-refractivity contribution in [1.29, 1.82) is 0 Å². The molecule has 140 valence electrons. The third-order valence-corrected chi connectivity index (χ3v) is 4.72. The SMILES string of the molecule is COc1cc2c(cc1OC)C(=O)/C(=C\c1cc(OC)c3c(c1)OCCO3)C2. The van der Waals surface area contributed by atoms with Crippen LogP contribution in [-0.2, 0) is 6.42 Å². The zero-order valence-corrected chi connectivity index (χ0v) is 15.5. The maximum absolute atomic E-state index is 12.9. The van der Waals surface area contributed by atoms with Crippen molar-refractivity contribution >= 4 is 11.9 Å². The Bertz CT molecular complexity index is 927. The fraction of sp³-hybridized carbons (Fsp3) is 0.286. The first-order valence-electron chi connectivity index (χ1n) is 8.62. The lowest BCUT2D eigenvalue weighted by atomic mass is 10.1. The predicted octanol–water partition coefficient (Wildman–Crippen LogP) is 3.31. The van der Waals surface area contributed by atoms with Gasteiger partial charge in [0.2, 0.25) is 5.75 Å². The van der Waals surface area contributed by atoms with Crippen LogP contribution in [0.3, 0.4) is 0 Å². The van der Waals surface area contributed by atoms with Crippen LogP contribution in [0, 0.1) is 0 Å². The van der Waals surface area contributed by atoms with E-state index in [1.165, 1.54) is 0 Å². The van der Waals surface area contributed by atoms with Crippen LogP contribution in [0.15, 0.2) is 29.8 Å². The van der Waals surface area contributed by atoms with Gasteiger partial charge in [-0.1, -0.05) is 0 Å². The Balaban J connectivity index is 1.72. The highest BCUT2D eigenvalue weighted by Crippen LogP contribution is 2.42. The van der Waals surface area contributed by atoms with Crippen molar-refractivity contribution in [2.45, 2.75) is 6.42 Å². The van der Waals surface area contributed by atoms with E-state index in [4.69, 9.17) is 23.7 Å². The fourth-order valence-corrected chi connectivity index (χ4v) is 3.43. The molecule has 0 spiro atoms. The Morgan fingerprint density at radius 2 is 1.59 bits per heavy atom. The molecule has 0 radical (unpaired) electrons. The summed E-state index contributed by atoms with van der Waals surface area (Å²) in [6.45, 7) is 0.974. The molecule has 0 fully saturated rings. The zero-order chi connectivity index (χ0) is 19.0. The minimum Gasteiger partial charge on any atom is -0.493 e. The van der Waals surface area contributed by atoms with Gasteiger partial charge in [0.05, 0.1) is 21.3 Å². The van der Waals surface area contributed by atoms with Crippen molar-refractivity contribution in [3.63, 3.8) is 0 Å². The molecule has 0 N–H and O–H groups in total. The first-order chi connectivity index (χ1) is 13.1. The van der Waals surface area contributed by atoms with Crippen LogP contribution in [0.4, 0.5) is 0 Å². The Kier molecular flexibility index (Phi) is 4.39. The molecule has 2 aliphatic rings. The standard InChI is InChI=1S/C21H20O6/c1-23-16-10-13-9-14(20(22)15(13)11-17(16)24-2)6-12-7-18(25-3)21-19(8-12)26-4-5-27-21/h6-8,10-11H,4-5,9H2,1-3H3/b14-6-. The highest BCUT2D eigenvalue weighted by atomic mass is 16.6. The Morgan fingerprint density at radius 3 is 2.33 bits per heavy atom. The Morgan fingerprint density at radius 1 is 0.889 bits per heavy atom. The van der Waals surface area contributed by atoms with Crippen LogP contribution in [-0.4, -0.2) is 40.3 Å². The number of fused-ring (bicyclic) bond motifs is 2. The van der Waals surface area contributed by atoms with E-state index in [2.05, 4.69) is 0 Å². The number of carbonyl (C=O) groups is 1. The zero-order valence-electron chi connectivity index (χ0n) is 15.5. The van der Waals surface area contributed by atoms with Crippen molar-refractivity contribution in [1.82, 2.24) is 0 Å². The molecule has 0 bridgehead atoms. The van der Waals surface area contributed by atoms with E-state index in [-0.39, 0.29) is 5.78 Å². The molecule has 2 aromatic carbocycles.